The van der Waals surface area contributed by atoms with Crippen LogP contribution < -0.4 is 0 Å². The zero-order chi connectivity index (χ0) is 7.61. The molecule has 0 aliphatic rings. The van der Waals surface area contributed by atoms with Gasteiger partial charge >= 0.3 is 0 Å². The van der Waals surface area contributed by atoms with Crippen LogP contribution in [0, 0.1) is 0 Å². The molecule has 0 spiro atoms. The Balaban J connectivity index is -0.000000125. The highest BCUT2D eigenvalue weighted by molar-refractivity contribution is 7.85. The van der Waals surface area contributed by atoms with Gasteiger partial charge in [0.1, 0.15) is 0 Å². The van der Waals surface area contributed by atoms with Crippen LogP contribution in [0.2, 0.25) is 0 Å². The lowest BCUT2D eigenvalue weighted by molar-refractivity contribution is 0.483. The topological polar surface area (TPSA) is 180 Å². The third kappa shape index (κ3) is 6.48. The third-order valence-corrected chi connectivity index (χ3v) is 1.91. The van der Waals surface area contributed by atoms with Crippen molar-refractivity contribution >= 4 is 10.1 Å². The van der Waals surface area contributed by atoms with Crippen LogP contribution in [0.1, 0.15) is 0 Å². The maximum absolute atomic E-state index is 10.4. The van der Waals surface area contributed by atoms with Crippen molar-refractivity contribution in [3.8, 4) is 0 Å². The van der Waals surface area contributed by atoms with E-state index in [0.717, 1.165) is 0 Å². The molecule has 0 radical (unpaired) electrons. The maximum Gasteiger partial charge on any atom is 0.294 e. The molecule has 0 amide bonds. The summed E-state index contributed by atoms with van der Waals surface area (Å²) in [4.78, 5) is -0.0741. The van der Waals surface area contributed by atoms with Crippen molar-refractivity contribution in [2.24, 2.45) is 0 Å². The van der Waals surface area contributed by atoms with Gasteiger partial charge in [-0.3, -0.25) is 4.55 Å². The van der Waals surface area contributed by atoms with E-state index in [0.29, 0.717) is 0 Å². The number of rotatable bonds is 1. The van der Waals surface area contributed by atoms with Crippen molar-refractivity contribution in [2.45, 2.75) is 4.90 Å². The van der Waals surface area contributed by atoms with Crippen molar-refractivity contribution in [1.29, 1.82) is 0 Å². The highest BCUT2D eigenvalue weighted by Gasteiger charge is 2.05. The molecule has 14 heavy (non-hydrogen) atoms. The second-order valence-corrected chi connectivity index (χ2v) is 3.21. The van der Waals surface area contributed by atoms with Gasteiger partial charge < -0.3 is 21.9 Å². The van der Waals surface area contributed by atoms with Gasteiger partial charge in [-0.05, 0) is 12.1 Å². The predicted molar refractivity (Wildman–Crippen MR) is 50.7 cm³/mol. The predicted octanol–water partition coefficient (Wildman–Crippen LogP) is -2.37. The molecule has 1 aromatic rings. The first-order valence-electron chi connectivity index (χ1n) is 2.63. The SMILES string of the molecule is O.O.O.O.O=S(=O)(O)c1ccccc1. The summed E-state index contributed by atoms with van der Waals surface area (Å²) in [6.07, 6.45) is 0. The van der Waals surface area contributed by atoms with Gasteiger partial charge in [0, 0.05) is 0 Å². The Bertz CT molecular complexity index is 306. The molecule has 0 fully saturated rings. The summed E-state index contributed by atoms with van der Waals surface area (Å²) >= 11 is 0. The number of benzene rings is 1. The molecule has 0 saturated carbocycles. The van der Waals surface area contributed by atoms with E-state index in [1.807, 2.05) is 0 Å². The van der Waals surface area contributed by atoms with E-state index in [1.54, 1.807) is 18.2 Å². The van der Waals surface area contributed by atoms with Crippen LogP contribution in [0.4, 0.5) is 0 Å². The van der Waals surface area contributed by atoms with Crippen molar-refractivity contribution in [3.63, 3.8) is 0 Å². The molecule has 0 aromatic heterocycles. The lowest BCUT2D eigenvalue weighted by Gasteiger charge is -1.92. The molecular formula is C6H14O7S. The Kier molecular flexibility index (Phi) is 14.1. The minimum atomic E-state index is -4.00. The van der Waals surface area contributed by atoms with E-state index in [4.69, 9.17) is 4.55 Å². The zero-order valence-corrected chi connectivity index (χ0v) is 7.88. The summed E-state index contributed by atoms with van der Waals surface area (Å²) in [7, 11) is -4.00. The summed E-state index contributed by atoms with van der Waals surface area (Å²) in [5.41, 5.74) is 0. The molecule has 86 valence electrons. The Labute approximate surface area is 81.0 Å². The number of hydrogen-bond donors (Lipinski definition) is 1. The zero-order valence-electron chi connectivity index (χ0n) is 7.06. The lowest BCUT2D eigenvalue weighted by Crippen LogP contribution is -1.96. The van der Waals surface area contributed by atoms with Crippen LogP contribution >= 0.6 is 0 Å². The molecule has 0 bridgehead atoms. The molecule has 8 heteroatoms. The third-order valence-electron chi connectivity index (χ3n) is 1.04. The van der Waals surface area contributed by atoms with Crippen LogP contribution in [-0.4, -0.2) is 34.9 Å². The van der Waals surface area contributed by atoms with Crippen LogP contribution in [0.3, 0.4) is 0 Å². The van der Waals surface area contributed by atoms with E-state index < -0.39 is 10.1 Å². The van der Waals surface area contributed by atoms with E-state index in [1.165, 1.54) is 12.1 Å². The second-order valence-electron chi connectivity index (χ2n) is 1.79. The highest BCUT2D eigenvalue weighted by atomic mass is 32.2. The second kappa shape index (κ2) is 8.56. The van der Waals surface area contributed by atoms with Crippen molar-refractivity contribution in [3.05, 3.63) is 30.3 Å². The molecule has 7 nitrogen and oxygen atoms in total. The maximum atomic E-state index is 10.4. The van der Waals surface area contributed by atoms with Gasteiger partial charge in [-0.25, -0.2) is 0 Å². The van der Waals surface area contributed by atoms with E-state index >= 15 is 0 Å². The van der Waals surface area contributed by atoms with Gasteiger partial charge in [-0.15, -0.1) is 0 Å². The standard InChI is InChI=1S/C6H6O3S.4H2O/c7-10(8,9)6-4-2-1-3-5-6;;;;/h1-5H,(H,7,8,9);4*1H2. The van der Waals surface area contributed by atoms with Crippen LogP contribution in [0.25, 0.3) is 0 Å². The molecule has 0 saturated heterocycles. The number of hydrogen-bond acceptors (Lipinski definition) is 2. The normalized spacial score (nSPS) is 8.07. The van der Waals surface area contributed by atoms with Gasteiger partial charge in [-0.1, -0.05) is 18.2 Å². The smallest absolute Gasteiger partial charge is 0.294 e. The lowest BCUT2D eigenvalue weighted by atomic mass is 10.4. The molecule has 1 rings (SSSR count). The molecule has 0 aliphatic carbocycles. The van der Waals surface area contributed by atoms with Crippen LogP contribution in [0.15, 0.2) is 35.2 Å². The molecule has 1 aromatic carbocycles. The minimum absolute atomic E-state index is 0. The fourth-order valence-corrected chi connectivity index (χ4v) is 1.09. The van der Waals surface area contributed by atoms with E-state index in [9.17, 15) is 8.42 Å². The molecule has 0 atom stereocenters. The summed E-state index contributed by atoms with van der Waals surface area (Å²) in [5, 5.41) is 0. The first kappa shape index (κ1) is 23.1. The fraction of sp³-hybridized carbons (Fsp3) is 0. The first-order valence-corrected chi connectivity index (χ1v) is 4.07. The van der Waals surface area contributed by atoms with Gasteiger partial charge in [0.05, 0.1) is 4.90 Å². The van der Waals surface area contributed by atoms with Gasteiger partial charge in [-0.2, -0.15) is 8.42 Å². The Hall–Kier alpha value is -1.03. The highest BCUT2D eigenvalue weighted by Crippen LogP contribution is 2.05. The molecule has 0 heterocycles. The Morgan fingerprint density at radius 3 is 1.43 bits per heavy atom. The van der Waals surface area contributed by atoms with Crippen molar-refractivity contribution < 1.29 is 34.9 Å². The molecule has 0 unspecified atom stereocenters. The van der Waals surface area contributed by atoms with E-state index in [2.05, 4.69) is 0 Å². The summed E-state index contributed by atoms with van der Waals surface area (Å²) in [6.45, 7) is 0. The van der Waals surface area contributed by atoms with Crippen molar-refractivity contribution in [2.75, 3.05) is 0 Å². The Morgan fingerprint density at radius 2 is 1.21 bits per heavy atom. The molecular weight excluding hydrogens is 216 g/mol. The van der Waals surface area contributed by atoms with Crippen LogP contribution in [-0.2, 0) is 10.1 Å². The average Bonchev–Trinajstić information content (AvgIpc) is 1.88. The Morgan fingerprint density at radius 1 is 0.857 bits per heavy atom. The van der Waals surface area contributed by atoms with Gasteiger partial charge in [0.15, 0.2) is 0 Å². The fourth-order valence-electron chi connectivity index (χ4n) is 0.592. The minimum Gasteiger partial charge on any atom is -0.412 e. The van der Waals surface area contributed by atoms with E-state index in [-0.39, 0.29) is 26.8 Å². The average molecular weight is 230 g/mol. The van der Waals surface area contributed by atoms with Crippen molar-refractivity contribution in [1.82, 2.24) is 0 Å². The van der Waals surface area contributed by atoms with Crippen LogP contribution in [0.5, 0.6) is 0 Å². The van der Waals surface area contributed by atoms with Gasteiger partial charge in [0.25, 0.3) is 10.1 Å². The molecule has 9 N–H and O–H groups in total. The summed E-state index contributed by atoms with van der Waals surface area (Å²) in [6, 6.07) is 7.42. The molecule has 0 aliphatic heterocycles. The largest absolute Gasteiger partial charge is 0.412 e. The van der Waals surface area contributed by atoms with Gasteiger partial charge in [0.2, 0.25) is 0 Å². The summed E-state index contributed by atoms with van der Waals surface area (Å²) in [5.74, 6) is 0. The monoisotopic (exact) mass is 230 g/mol. The first-order chi connectivity index (χ1) is 4.61. The summed E-state index contributed by atoms with van der Waals surface area (Å²) < 4.78 is 29.2. The quantitative estimate of drug-likeness (QED) is 0.530.